The van der Waals surface area contributed by atoms with Gasteiger partial charge in [0.1, 0.15) is 0 Å². The van der Waals surface area contributed by atoms with Gasteiger partial charge in [-0.05, 0) is 65.0 Å². The summed E-state index contributed by atoms with van der Waals surface area (Å²) in [4.78, 5) is 22.9. The standard InChI is InChI=1S/C18H34O5Si2/c1-15(2)17(19)21-11-9-13-25(8,23-24(5,6)7)14-10-12-22-18(20)16(3)4/h1,3,9-14H2,2,4-8H3. The van der Waals surface area contributed by atoms with Crippen molar-refractivity contribution in [1.82, 2.24) is 0 Å². The third kappa shape index (κ3) is 11.9. The fourth-order valence-corrected chi connectivity index (χ4v) is 11.2. The summed E-state index contributed by atoms with van der Waals surface area (Å²) in [5, 5.41) is 0. The molecule has 0 bridgehead atoms. The molecule has 0 amide bonds. The molecule has 0 atom stereocenters. The van der Waals surface area contributed by atoms with Crippen LogP contribution in [0.1, 0.15) is 26.7 Å². The van der Waals surface area contributed by atoms with E-state index in [1.807, 2.05) is 0 Å². The molecule has 0 radical (unpaired) electrons. The second kappa shape index (κ2) is 10.7. The van der Waals surface area contributed by atoms with Crippen molar-refractivity contribution in [2.75, 3.05) is 13.2 Å². The molecule has 144 valence electrons. The van der Waals surface area contributed by atoms with Gasteiger partial charge in [-0.1, -0.05) is 13.2 Å². The van der Waals surface area contributed by atoms with E-state index in [1.165, 1.54) is 0 Å². The lowest BCUT2D eigenvalue weighted by Gasteiger charge is -2.34. The molecule has 0 aliphatic carbocycles. The van der Waals surface area contributed by atoms with E-state index in [9.17, 15) is 9.59 Å². The zero-order valence-corrected chi connectivity index (χ0v) is 18.7. The zero-order chi connectivity index (χ0) is 19.7. The minimum atomic E-state index is -1.95. The van der Waals surface area contributed by atoms with Crippen LogP contribution in [0.2, 0.25) is 38.3 Å². The van der Waals surface area contributed by atoms with E-state index in [0.717, 1.165) is 24.9 Å². The molecule has 0 rings (SSSR count). The predicted octanol–water partition coefficient (Wildman–Crippen LogP) is 4.43. The van der Waals surface area contributed by atoms with Crippen LogP contribution >= 0.6 is 0 Å². The zero-order valence-electron chi connectivity index (χ0n) is 16.7. The molecule has 0 unspecified atom stereocenters. The largest absolute Gasteiger partial charge is 0.462 e. The maximum Gasteiger partial charge on any atom is 0.333 e. The third-order valence-corrected chi connectivity index (χ3v) is 10.7. The van der Waals surface area contributed by atoms with Crippen LogP contribution in [0.3, 0.4) is 0 Å². The molecule has 0 aliphatic heterocycles. The maximum absolute atomic E-state index is 11.4. The number of hydrogen-bond donors (Lipinski definition) is 0. The Morgan fingerprint density at radius 1 is 0.800 bits per heavy atom. The Labute approximate surface area is 154 Å². The first-order chi connectivity index (χ1) is 11.4. The summed E-state index contributed by atoms with van der Waals surface area (Å²) in [6, 6.07) is 1.82. The average Bonchev–Trinajstić information content (AvgIpc) is 2.45. The Hall–Kier alpha value is -1.19. The van der Waals surface area contributed by atoms with Crippen molar-refractivity contribution < 1.29 is 23.2 Å². The molecule has 0 saturated carbocycles. The molecule has 0 N–H and O–H groups in total. The van der Waals surface area contributed by atoms with Gasteiger partial charge in [0.2, 0.25) is 0 Å². The Bertz CT molecular complexity index is 460. The molecule has 0 aliphatic rings. The summed E-state index contributed by atoms with van der Waals surface area (Å²) in [5.74, 6) is -0.692. The highest BCUT2D eigenvalue weighted by Gasteiger charge is 2.33. The van der Waals surface area contributed by atoms with E-state index >= 15 is 0 Å². The van der Waals surface area contributed by atoms with E-state index < -0.39 is 16.6 Å². The van der Waals surface area contributed by atoms with Crippen LogP contribution in [0.15, 0.2) is 24.3 Å². The Balaban J connectivity index is 4.47. The van der Waals surface area contributed by atoms with Gasteiger partial charge in [0.15, 0.2) is 16.6 Å². The van der Waals surface area contributed by atoms with Crippen molar-refractivity contribution in [2.24, 2.45) is 0 Å². The molecule has 0 saturated heterocycles. The van der Waals surface area contributed by atoms with E-state index in [0.29, 0.717) is 24.4 Å². The van der Waals surface area contributed by atoms with Crippen molar-refractivity contribution in [3.63, 3.8) is 0 Å². The summed E-state index contributed by atoms with van der Waals surface area (Å²) in [6.45, 7) is 20.0. The van der Waals surface area contributed by atoms with E-state index in [2.05, 4.69) is 39.3 Å². The van der Waals surface area contributed by atoms with Crippen molar-refractivity contribution in [2.45, 2.75) is 65.0 Å². The van der Waals surface area contributed by atoms with Crippen LogP contribution in [0.5, 0.6) is 0 Å². The second-order valence-corrected chi connectivity index (χ2v) is 16.6. The van der Waals surface area contributed by atoms with Crippen molar-refractivity contribution in [3.8, 4) is 0 Å². The van der Waals surface area contributed by atoms with Crippen molar-refractivity contribution in [3.05, 3.63) is 24.3 Å². The quantitative estimate of drug-likeness (QED) is 0.215. The molecule has 0 aromatic heterocycles. The van der Waals surface area contributed by atoms with E-state index in [4.69, 9.17) is 13.6 Å². The fourth-order valence-electron chi connectivity index (χ4n) is 2.43. The lowest BCUT2D eigenvalue weighted by atomic mass is 10.4. The van der Waals surface area contributed by atoms with Gasteiger partial charge in [0.05, 0.1) is 13.2 Å². The summed E-state index contributed by atoms with van der Waals surface area (Å²) in [5.41, 5.74) is 0.829. The molecule has 0 fully saturated rings. The molecule has 5 nitrogen and oxygen atoms in total. The normalized spacial score (nSPS) is 11.8. The van der Waals surface area contributed by atoms with Crippen LogP contribution in [-0.2, 0) is 23.2 Å². The van der Waals surface area contributed by atoms with Gasteiger partial charge in [-0.15, -0.1) is 0 Å². The Morgan fingerprint density at radius 3 is 1.44 bits per heavy atom. The second-order valence-electron chi connectivity index (χ2n) is 7.70. The van der Waals surface area contributed by atoms with E-state index in [-0.39, 0.29) is 11.9 Å². The minimum Gasteiger partial charge on any atom is -0.462 e. The Kier molecular flexibility index (Phi) is 10.2. The lowest BCUT2D eigenvalue weighted by Crippen LogP contribution is -2.44. The van der Waals surface area contributed by atoms with Gasteiger partial charge >= 0.3 is 11.9 Å². The Morgan fingerprint density at radius 2 is 1.16 bits per heavy atom. The highest BCUT2D eigenvalue weighted by Crippen LogP contribution is 2.26. The van der Waals surface area contributed by atoms with Gasteiger partial charge in [-0.2, -0.15) is 0 Å². The van der Waals surface area contributed by atoms with Gasteiger partial charge in [0.25, 0.3) is 0 Å². The van der Waals surface area contributed by atoms with Crippen molar-refractivity contribution >= 4 is 28.6 Å². The summed E-state index contributed by atoms with van der Waals surface area (Å²) < 4.78 is 16.8. The SMILES string of the molecule is C=C(C)C(=O)OCCC[Si](C)(CCCOC(=O)C(=C)C)O[Si](C)(C)C. The monoisotopic (exact) mass is 386 g/mol. The lowest BCUT2D eigenvalue weighted by molar-refractivity contribution is -0.139. The number of hydrogen-bond acceptors (Lipinski definition) is 5. The average molecular weight is 387 g/mol. The highest BCUT2D eigenvalue weighted by molar-refractivity contribution is 6.84. The number of rotatable bonds is 12. The summed E-state index contributed by atoms with van der Waals surface area (Å²) >= 11 is 0. The van der Waals surface area contributed by atoms with Crippen molar-refractivity contribution in [1.29, 1.82) is 0 Å². The van der Waals surface area contributed by atoms with Crippen LogP contribution < -0.4 is 0 Å². The molecular formula is C18H34O5Si2. The number of carbonyl (C=O) groups excluding carboxylic acids is 2. The minimum absolute atomic E-state index is 0.346. The highest BCUT2D eigenvalue weighted by atomic mass is 28.4. The molecule has 7 heteroatoms. The first-order valence-electron chi connectivity index (χ1n) is 8.72. The summed E-state index contributed by atoms with van der Waals surface area (Å²) in [7, 11) is -3.62. The topological polar surface area (TPSA) is 61.8 Å². The van der Waals surface area contributed by atoms with Crippen LogP contribution in [0.25, 0.3) is 0 Å². The predicted molar refractivity (Wildman–Crippen MR) is 106 cm³/mol. The third-order valence-electron chi connectivity index (χ3n) is 3.42. The van der Waals surface area contributed by atoms with Crippen LogP contribution in [-0.4, -0.2) is 41.8 Å². The summed E-state index contributed by atoms with van der Waals surface area (Å²) in [6.07, 6.45) is 1.55. The number of esters is 2. The molecule has 0 aromatic rings. The molecular weight excluding hydrogens is 352 g/mol. The first-order valence-corrected chi connectivity index (χ1v) is 14.9. The molecule has 0 aromatic carbocycles. The molecule has 25 heavy (non-hydrogen) atoms. The fraction of sp³-hybridized carbons (Fsp3) is 0.667. The van der Waals surface area contributed by atoms with Crippen LogP contribution in [0, 0.1) is 0 Å². The van der Waals surface area contributed by atoms with Gasteiger partial charge in [-0.3, -0.25) is 0 Å². The smallest absolute Gasteiger partial charge is 0.333 e. The van der Waals surface area contributed by atoms with Gasteiger partial charge in [0, 0.05) is 11.1 Å². The van der Waals surface area contributed by atoms with E-state index in [1.54, 1.807) is 13.8 Å². The van der Waals surface area contributed by atoms with Gasteiger partial charge < -0.3 is 13.6 Å². The molecule has 0 spiro atoms. The van der Waals surface area contributed by atoms with Gasteiger partial charge in [-0.25, -0.2) is 9.59 Å². The maximum atomic E-state index is 11.4. The van der Waals surface area contributed by atoms with Crippen LogP contribution in [0.4, 0.5) is 0 Å². The first kappa shape index (κ1) is 23.8. The number of ether oxygens (including phenoxy) is 2. The molecule has 0 heterocycles. The number of carbonyl (C=O) groups is 2.